The van der Waals surface area contributed by atoms with E-state index in [-0.39, 0.29) is 11.5 Å². The minimum atomic E-state index is -5.08. The lowest BCUT2D eigenvalue weighted by molar-refractivity contribution is -0.192. The Morgan fingerprint density at radius 2 is 1.74 bits per heavy atom. The Hall–Kier alpha value is -3.87. The van der Waals surface area contributed by atoms with Gasteiger partial charge in [0.1, 0.15) is 5.69 Å². The fourth-order valence-corrected chi connectivity index (χ4v) is 3.46. The summed E-state index contributed by atoms with van der Waals surface area (Å²) in [6.07, 6.45) is -1.38. The normalized spacial score (nSPS) is 14.4. The van der Waals surface area contributed by atoms with Crippen molar-refractivity contribution in [1.29, 1.82) is 0 Å². The summed E-state index contributed by atoms with van der Waals surface area (Å²) in [5, 5.41) is 16.9. The molecule has 0 saturated carbocycles. The average Bonchev–Trinajstić information content (AvgIpc) is 3.45. The molecule has 35 heavy (non-hydrogen) atoms. The molecule has 0 bridgehead atoms. The molecule has 4 rings (SSSR count). The Bertz CT molecular complexity index is 1220. The van der Waals surface area contributed by atoms with Crippen molar-refractivity contribution in [2.75, 3.05) is 26.2 Å². The maximum Gasteiger partial charge on any atom is 0.490 e. The van der Waals surface area contributed by atoms with Crippen LogP contribution in [0.25, 0.3) is 5.69 Å². The van der Waals surface area contributed by atoms with Crippen molar-refractivity contribution in [3.8, 4) is 5.69 Å². The van der Waals surface area contributed by atoms with E-state index in [2.05, 4.69) is 20.2 Å². The van der Waals surface area contributed by atoms with E-state index in [1.54, 1.807) is 4.90 Å². The number of rotatable bonds is 4. The lowest BCUT2D eigenvalue weighted by atomic mass is 10.1. The van der Waals surface area contributed by atoms with E-state index in [9.17, 15) is 22.8 Å². The van der Waals surface area contributed by atoms with Crippen molar-refractivity contribution in [2.45, 2.75) is 26.6 Å². The molecular formula is C22H25F3N6O4. The van der Waals surface area contributed by atoms with Gasteiger partial charge in [-0.05, 0) is 37.1 Å². The number of aromatic amines is 2. The molecule has 13 heteroatoms. The maximum atomic E-state index is 12.9. The Balaban J connectivity index is 0.000000429. The van der Waals surface area contributed by atoms with Crippen LogP contribution in [0.2, 0.25) is 0 Å². The highest BCUT2D eigenvalue weighted by molar-refractivity contribution is 5.92. The van der Waals surface area contributed by atoms with Crippen molar-refractivity contribution >= 4 is 11.9 Å². The van der Waals surface area contributed by atoms with Crippen LogP contribution < -0.4 is 5.56 Å². The minimum Gasteiger partial charge on any atom is -0.475 e. The van der Waals surface area contributed by atoms with Crippen LogP contribution in [0.4, 0.5) is 13.2 Å². The summed E-state index contributed by atoms with van der Waals surface area (Å²) in [7, 11) is 0. The van der Waals surface area contributed by atoms with Gasteiger partial charge in [-0.25, -0.2) is 9.48 Å². The molecule has 10 nitrogen and oxygen atoms in total. The highest BCUT2D eigenvalue weighted by atomic mass is 19.4. The molecule has 1 aliphatic rings. The van der Waals surface area contributed by atoms with E-state index in [1.807, 2.05) is 44.4 Å². The lowest BCUT2D eigenvalue weighted by Gasteiger charge is -2.34. The summed E-state index contributed by atoms with van der Waals surface area (Å²) in [4.78, 5) is 38.2. The number of carboxylic acids is 1. The fourth-order valence-electron chi connectivity index (χ4n) is 3.46. The number of aliphatic carboxylic acids is 1. The van der Waals surface area contributed by atoms with Gasteiger partial charge in [0.25, 0.3) is 11.5 Å². The van der Waals surface area contributed by atoms with E-state index < -0.39 is 12.1 Å². The highest BCUT2D eigenvalue weighted by Gasteiger charge is 2.38. The number of hydrogen-bond acceptors (Lipinski definition) is 5. The third kappa shape index (κ3) is 6.59. The van der Waals surface area contributed by atoms with Crippen molar-refractivity contribution in [3.63, 3.8) is 0 Å². The summed E-state index contributed by atoms with van der Waals surface area (Å²) in [5.41, 5.74) is 4.22. The van der Waals surface area contributed by atoms with E-state index >= 15 is 0 Å². The fraction of sp³-hybridized carbons (Fsp3) is 0.364. The number of nitrogens with one attached hydrogen (secondary N) is 2. The summed E-state index contributed by atoms with van der Waals surface area (Å²) in [6, 6.07) is 7.17. The Morgan fingerprint density at radius 1 is 1.09 bits per heavy atom. The molecule has 0 radical (unpaired) electrons. The highest BCUT2D eigenvalue weighted by Crippen LogP contribution is 2.14. The number of carbonyl (C=O) groups excluding carboxylic acids is 1. The van der Waals surface area contributed by atoms with Crippen molar-refractivity contribution in [3.05, 3.63) is 69.4 Å². The van der Waals surface area contributed by atoms with E-state index in [1.165, 1.54) is 10.7 Å². The molecule has 1 fully saturated rings. The van der Waals surface area contributed by atoms with Crippen LogP contribution in [0.1, 0.15) is 27.2 Å². The number of halogens is 3. The quantitative estimate of drug-likeness (QED) is 0.510. The van der Waals surface area contributed by atoms with Crippen LogP contribution in [0.5, 0.6) is 0 Å². The summed E-state index contributed by atoms with van der Waals surface area (Å²) in [5.74, 6) is -2.89. The zero-order chi connectivity index (χ0) is 25.8. The van der Waals surface area contributed by atoms with E-state index in [0.717, 1.165) is 42.0 Å². The Kier molecular flexibility index (Phi) is 7.79. The van der Waals surface area contributed by atoms with Gasteiger partial charge in [0.2, 0.25) is 0 Å². The molecule has 3 heterocycles. The molecule has 2 aromatic heterocycles. The molecule has 3 aromatic rings. The van der Waals surface area contributed by atoms with Crippen LogP contribution in [0.3, 0.4) is 0 Å². The molecule has 1 saturated heterocycles. The van der Waals surface area contributed by atoms with Crippen LogP contribution in [-0.2, 0) is 11.3 Å². The second-order valence-corrected chi connectivity index (χ2v) is 8.09. The van der Waals surface area contributed by atoms with E-state index in [4.69, 9.17) is 9.90 Å². The smallest absolute Gasteiger partial charge is 0.475 e. The van der Waals surface area contributed by atoms with Gasteiger partial charge in [0.05, 0.1) is 11.9 Å². The number of aryl methyl sites for hydroxylation is 2. The number of piperazine rings is 1. The van der Waals surface area contributed by atoms with Gasteiger partial charge in [0.15, 0.2) is 0 Å². The monoisotopic (exact) mass is 494 g/mol. The van der Waals surface area contributed by atoms with Gasteiger partial charge in [-0.1, -0.05) is 6.07 Å². The molecule has 0 atom stereocenters. The first-order valence-corrected chi connectivity index (χ1v) is 10.6. The maximum absolute atomic E-state index is 12.9. The second kappa shape index (κ2) is 10.6. The first kappa shape index (κ1) is 25.7. The first-order chi connectivity index (χ1) is 16.5. The molecule has 1 amide bonds. The molecular weight excluding hydrogens is 469 g/mol. The molecule has 188 valence electrons. The number of aromatic nitrogens is 4. The SMILES string of the molecule is Cc1ccc(-n2[nH]c(C(=O)N3CCN(Cc4cn[nH]c4)CC3)cc2=O)cc1C.O=C(O)C(F)(F)F. The van der Waals surface area contributed by atoms with Crippen molar-refractivity contribution in [2.24, 2.45) is 0 Å². The number of carboxylic acid groups (broad SMARTS) is 1. The van der Waals surface area contributed by atoms with Gasteiger partial charge in [-0.2, -0.15) is 18.3 Å². The Morgan fingerprint density at radius 3 is 2.29 bits per heavy atom. The minimum absolute atomic E-state index is 0.136. The van der Waals surface area contributed by atoms with Crippen LogP contribution in [-0.4, -0.2) is 79.1 Å². The predicted molar refractivity (Wildman–Crippen MR) is 119 cm³/mol. The van der Waals surface area contributed by atoms with Crippen LogP contribution in [0, 0.1) is 13.8 Å². The third-order valence-corrected chi connectivity index (χ3v) is 5.56. The molecule has 0 aliphatic carbocycles. The number of alkyl halides is 3. The number of nitrogens with zero attached hydrogens (tertiary/aromatic N) is 4. The van der Waals surface area contributed by atoms with E-state index in [0.29, 0.717) is 18.8 Å². The van der Waals surface area contributed by atoms with Gasteiger partial charge in [0, 0.05) is 50.6 Å². The summed E-state index contributed by atoms with van der Waals surface area (Å²) >= 11 is 0. The third-order valence-electron chi connectivity index (χ3n) is 5.56. The Labute approximate surface area is 197 Å². The van der Waals surface area contributed by atoms with Crippen LogP contribution >= 0.6 is 0 Å². The number of amides is 1. The van der Waals surface area contributed by atoms with Crippen LogP contribution in [0.15, 0.2) is 41.5 Å². The molecule has 1 aromatic carbocycles. The molecule has 1 aliphatic heterocycles. The number of hydrogen-bond donors (Lipinski definition) is 3. The molecule has 0 unspecified atom stereocenters. The van der Waals surface area contributed by atoms with Gasteiger partial charge in [-0.3, -0.25) is 24.7 Å². The van der Waals surface area contributed by atoms with Gasteiger partial charge in [-0.15, -0.1) is 0 Å². The largest absolute Gasteiger partial charge is 0.490 e. The van der Waals surface area contributed by atoms with Crippen molar-refractivity contribution in [1.82, 2.24) is 29.8 Å². The zero-order valence-electron chi connectivity index (χ0n) is 19.1. The summed E-state index contributed by atoms with van der Waals surface area (Å²) < 4.78 is 33.2. The predicted octanol–water partition coefficient (Wildman–Crippen LogP) is 2.10. The van der Waals surface area contributed by atoms with Gasteiger partial charge >= 0.3 is 12.1 Å². The average molecular weight is 494 g/mol. The summed E-state index contributed by atoms with van der Waals surface area (Å²) in [6.45, 7) is 7.69. The number of H-pyrrole nitrogens is 2. The van der Waals surface area contributed by atoms with Crippen molar-refractivity contribution < 1.29 is 27.9 Å². The lowest BCUT2D eigenvalue weighted by Crippen LogP contribution is -2.48. The number of benzene rings is 1. The standard InChI is InChI=1S/C20H24N6O2.C2HF3O2/c1-14-3-4-17(9-15(14)2)26-19(27)10-18(23-26)20(28)25-7-5-24(6-8-25)13-16-11-21-22-12-16;3-2(4,5)1(6)7/h3-4,9-12,23H,5-8,13H2,1-2H3,(H,21,22);(H,6,7). The molecule has 3 N–H and O–H groups in total. The topological polar surface area (TPSA) is 127 Å². The van der Waals surface area contributed by atoms with Gasteiger partial charge < -0.3 is 10.0 Å². The molecule has 0 spiro atoms. The zero-order valence-corrected chi connectivity index (χ0v) is 19.1. The first-order valence-electron chi connectivity index (χ1n) is 10.6. The number of carbonyl (C=O) groups is 2. The second-order valence-electron chi connectivity index (χ2n) is 8.09.